The number of rotatable bonds is 4. The summed E-state index contributed by atoms with van der Waals surface area (Å²) in [7, 11) is 0. The van der Waals surface area contributed by atoms with E-state index in [1.807, 2.05) is 0 Å². The van der Waals surface area contributed by atoms with Crippen LogP contribution in [-0.4, -0.2) is 11.5 Å². The van der Waals surface area contributed by atoms with Gasteiger partial charge in [-0.2, -0.15) is 0 Å². The molecule has 0 amide bonds. The van der Waals surface area contributed by atoms with Crippen LogP contribution < -0.4 is 5.32 Å². The van der Waals surface area contributed by atoms with Crippen LogP contribution in [0.1, 0.15) is 30.7 Å². The number of hydrogen-bond acceptors (Lipinski definition) is 1. The topological polar surface area (TPSA) is 27.8 Å². The Labute approximate surface area is 103 Å². The molecule has 2 N–H and O–H groups in total. The van der Waals surface area contributed by atoms with Crippen LogP contribution in [0, 0.1) is 19.8 Å². The summed E-state index contributed by atoms with van der Waals surface area (Å²) in [5, 5.41) is 4.81. The minimum Gasteiger partial charge on any atom is -0.357 e. The van der Waals surface area contributed by atoms with Crippen molar-refractivity contribution < 1.29 is 0 Å². The van der Waals surface area contributed by atoms with E-state index in [4.69, 9.17) is 0 Å². The van der Waals surface area contributed by atoms with Crippen molar-refractivity contribution in [2.24, 2.45) is 5.92 Å². The van der Waals surface area contributed by atoms with Gasteiger partial charge >= 0.3 is 0 Å². The molecule has 2 heteroatoms. The lowest BCUT2D eigenvalue weighted by molar-refractivity contribution is 0.549. The normalized spacial score (nSPS) is 11.6. The minimum atomic E-state index is 0.698. The Bertz CT molecular complexity index is 509. The molecular formula is C15H22N2. The second-order valence-electron chi connectivity index (χ2n) is 5.36. The molecule has 2 nitrogen and oxygen atoms in total. The fraction of sp³-hybridized carbons (Fsp3) is 0.467. The van der Waals surface area contributed by atoms with Crippen molar-refractivity contribution >= 4 is 10.9 Å². The van der Waals surface area contributed by atoms with E-state index in [0.717, 1.165) is 13.1 Å². The van der Waals surface area contributed by atoms with Gasteiger partial charge < -0.3 is 10.3 Å². The number of aromatic amines is 1. The molecule has 92 valence electrons. The van der Waals surface area contributed by atoms with Gasteiger partial charge in [0.25, 0.3) is 0 Å². The van der Waals surface area contributed by atoms with Crippen molar-refractivity contribution in [2.45, 2.75) is 34.2 Å². The van der Waals surface area contributed by atoms with Crippen molar-refractivity contribution in [3.05, 3.63) is 35.0 Å². The monoisotopic (exact) mass is 230 g/mol. The van der Waals surface area contributed by atoms with E-state index in [1.165, 1.54) is 27.7 Å². The van der Waals surface area contributed by atoms with Gasteiger partial charge in [-0.3, -0.25) is 0 Å². The predicted molar refractivity (Wildman–Crippen MR) is 74.3 cm³/mol. The Morgan fingerprint density at radius 3 is 2.65 bits per heavy atom. The fourth-order valence-electron chi connectivity index (χ4n) is 2.25. The standard InChI is InChI=1S/C15H22N2/c1-10(2)8-16-9-13-7-14-12(4)5-11(3)6-15(14)17-13/h5-7,10,16-17H,8-9H2,1-4H3. The molecule has 0 saturated carbocycles. The Kier molecular flexibility index (Phi) is 3.53. The summed E-state index contributed by atoms with van der Waals surface area (Å²) in [6.45, 7) is 10.8. The largest absolute Gasteiger partial charge is 0.357 e. The first kappa shape index (κ1) is 12.2. The molecule has 2 aromatic rings. The third kappa shape index (κ3) is 2.89. The lowest BCUT2D eigenvalue weighted by atomic mass is 10.1. The third-order valence-corrected chi connectivity index (χ3v) is 3.01. The van der Waals surface area contributed by atoms with Crippen LogP contribution in [0.25, 0.3) is 10.9 Å². The first-order chi connectivity index (χ1) is 8.06. The van der Waals surface area contributed by atoms with E-state index < -0.39 is 0 Å². The van der Waals surface area contributed by atoms with Gasteiger partial charge in [0.05, 0.1) is 0 Å². The lowest BCUT2D eigenvalue weighted by Gasteiger charge is -2.05. The molecule has 0 fully saturated rings. The average molecular weight is 230 g/mol. The summed E-state index contributed by atoms with van der Waals surface area (Å²) in [4.78, 5) is 3.49. The van der Waals surface area contributed by atoms with Crippen LogP contribution in [0.4, 0.5) is 0 Å². The summed E-state index contributed by atoms with van der Waals surface area (Å²) < 4.78 is 0. The van der Waals surface area contributed by atoms with Gasteiger partial charge in [0.1, 0.15) is 0 Å². The van der Waals surface area contributed by atoms with Gasteiger partial charge in [0, 0.05) is 23.1 Å². The Morgan fingerprint density at radius 2 is 1.94 bits per heavy atom. The summed E-state index contributed by atoms with van der Waals surface area (Å²) in [5.74, 6) is 0.698. The van der Waals surface area contributed by atoms with Gasteiger partial charge in [-0.1, -0.05) is 19.9 Å². The van der Waals surface area contributed by atoms with Crippen LogP contribution in [0.5, 0.6) is 0 Å². The van der Waals surface area contributed by atoms with Crippen LogP contribution in [0.2, 0.25) is 0 Å². The summed E-state index contributed by atoms with van der Waals surface area (Å²) in [6, 6.07) is 6.72. The molecule has 0 aliphatic heterocycles. The number of aryl methyl sites for hydroxylation is 2. The van der Waals surface area contributed by atoms with Crippen molar-refractivity contribution in [3.63, 3.8) is 0 Å². The first-order valence-electron chi connectivity index (χ1n) is 6.36. The van der Waals surface area contributed by atoms with Crippen LogP contribution >= 0.6 is 0 Å². The van der Waals surface area contributed by atoms with Gasteiger partial charge in [0.2, 0.25) is 0 Å². The zero-order valence-corrected chi connectivity index (χ0v) is 11.2. The van der Waals surface area contributed by atoms with Gasteiger partial charge in [-0.05, 0) is 49.6 Å². The Morgan fingerprint density at radius 1 is 1.18 bits per heavy atom. The van der Waals surface area contributed by atoms with Crippen LogP contribution in [0.3, 0.4) is 0 Å². The molecule has 1 aromatic heterocycles. The second-order valence-corrected chi connectivity index (χ2v) is 5.36. The van der Waals surface area contributed by atoms with Gasteiger partial charge in [-0.15, -0.1) is 0 Å². The number of fused-ring (bicyclic) bond motifs is 1. The molecular weight excluding hydrogens is 208 g/mol. The number of hydrogen-bond donors (Lipinski definition) is 2. The van der Waals surface area contributed by atoms with E-state index >= 15 is 0 Å². The molecule has 0 radical (unpaired) electrons. The van der Waals surface area contributed by atoms with E-state index in [9.17, 15) is 0 Å². The maximum atomic E-state index is 3.49. The Balaban J connectivity index is 2.17. The third-order valence-electron chi connectivity index (χ3n) is 3.01. The highest BCUT2D eigenvalue weighted by atomic mass is 14.9. The molecule has 1 aromatic carbocycles. The molecule has 0 aliphatic carbocycles. The van der Waals surface area contributed by atoms with Crippen LogP contribution in [-0.2, 0) is 6.54 Å². The zero-order chi connectivity index (χ0) is 12.4. The highest BCUT2D eigenvalue weighted by Gasteiger charge is 2.04. The highest BCUT2D eigenvalue weighted by molar-refractivity contribution is 5.84. The molecule has 0 spiro atoms. The SMILES string of the molecule is Cc1cc(C)c2cc(CNCC(C)C)[nH]c2c1. The number of benzene rings is 1. The lowest BCUT2D eigenvalue weighted by Crippen LogP contribution is -2.19. The van der Waals surface area contributed by atoms with Gasteiger partial charge in [-0.25, -0.2) is 0 Å². The molecule has 1 heterocycles. The summed E-state index contributed by atoms with van der Waals surface area (Å²) in [6.07, 6.45) is 0. The molecule has 0 saturated heterocycles. The summed E-state index contributed by atoms with van der Waals surface area (Å²) in [5.41, 5.74) is 5.20. The average Bonchev–Trinajstić information content (AvgIpc) is 2.60. The fourth-order valence-corrected chi connectivity index (χ4v) is 2.25. The van der Waals surface area contributed by atoms with E-state index in [0.29, 0.717) is 5.92 Å². The Hall–Kier alpha value is -1.28. The maximum Gasteiger partial charge on any atom is 0.0461 e. The van der Waals surface area contributed by atoms with Crippen molar-refractivity contribution in [2.75, 3.05) is 6.54 Å². The minimum absolute atomic E-state index is 0.698. The van der Waals surface area contributed by atoms with E-state index in [2.05, 4.69) is 56.2 Å². The summed E-state index contributed by atoms with van der Waals surface area (Å²) >= 11 is 0. The molecule has 0 atom stereocenters. The van der Waals surface area contributed by atoms with E-state index in [1.54, 1.807) is 0 Å². The van der Waals surface area contributed by atoms with Crippen LogP contribution in [0.15, 0.2) is 18.2 Å². The molecule has 17 heavy (non-hydrogen) atoms. The number of H-pyrrole nitrogens is 1. The molecule has 0 aliphatic rings. The number of nitrogens with one attached hydrogen (secondary N) is 2. The molecule has 0 bridgehead atoms. The van der Waals surface area contributed by atoms with Crippen molar-refractivity contribution in [1.82, 2.24) is 10.3 Å². The van der Waals surface area contributed by atoms with E-state index in [-0.39, 0.29) is 0 Å². The van der Waals surface area contributed by atoms with Crippen molar-refractivity contribution in [3.8, 4) is 0 Å². The zero-order valence-electron chi connectivity index (χ0n) is 11.2. The first-order valence-corrected chi connectivity index (χ1v) is 6.36. The second kappa shape index (κ2) is 4.92. The number of aromatic nitrogens is 1. The highest BCUT2D eigenvalue weighted by Crippen LogP contribution is 2.21. The van der Waals surface area contributed by atoms with Crippen molar-refractivity contribution in [1.29, 1.82) is 0 Å². The maximum absolute atomic E-state index is 3.49. The van der Waals surface area contributed by atoms with Gasteiger partial charge in [0.15, 0.2) is 0 Å². The predicted octanol–water partition coefficient (Wildman–Crippen LogP) is 3.53. The smallest absolute Gasteiger partial charge is 0.0461 e. The molecule has 0 unspecified atom stereocenters. The quantitative estimate of drug-likeness (QED) is 0.826. The molecule has 2 rings (SSSR count).